The van der Waals surface area contributed by atoms with Gasteiger partial charge < -0.3 is 9.88 Å². The molecular weight excluding hydrogens is 286 g/mol. The van der Waals surface area contributed by atoms with Gasteiger partial charge in [0.25, 0.3) is 0 Å². The molecule has 118 valence electrons. The first-order valence-corrected chi connectivity index (χ1v) is 8.28. The van der Waals surface area contributed by atoms with Gasteiger partial charge in [0.2, 0.25) is 0 Å². The summed E-state index contributed by atoms with van der Waals surface area (Å²) in [5.41, 5.74) is 4.24. The zero-order valence-electron chi connectivity index (χ0n) is 13.4. The lowest BCUT2D eigenvalue weighted by Crippen LogP contribution is -2.29. The number of H-pyrrole nitrogens is 1. The maximum absolute atomic E-state index is 4.72. The summed E-state index contributed by atoms with van der Waals surface area (Å²) in [6.07, 6.45) is 8.84. The number of aromatic nitrogens is 4. The molecule has 0 radical (unpaired) electrons. The predicted molar refractivity (Wildman–Crippen MR) is 91.1 cm³/mol. The van der Waals surface area contributed by atoms with Crippen molar-refractivity contribution >= 4 is 11.0 Å². The molecule has 0 aliphatic carbocycles. The van der Waals surface area contributed by atoms with E-state index in [4.69, 9.17) is 4.98 Å². The molecule has 1 fully saturated rings. The second-order valence-electron chi connectivity index (χ2n) is 6.32. The summed E-state index contributed by atoms with van der Waals surface area (Å²) in [4.78, 5) is 18.9. The van der Waals surface area contributed by atoms with E-state index in [-0.39, 0.29) is 0 Å². The van der Waals surface area contributed by atoms with Crippen LogP contribution in [0.15, 0.2) is 36.9 Å². The van der Waals surface area contributed by atoms with Crippen molar-refractivity contribution in [1.29, 1.82) is 0 Å². The van der Waals surface area contributed by atoms with Crippen LogP contribution >= 0.6 is 0 Å². The van der Waals surface area contributed by atoms with Crippen LogP contribution in [0.5, 0.6) is 0 Å². The molecule has 5 heteroatoms. The molecule has 0 amide bonds. The van der Waals surface area contributed by atoms with Crippen LogP contribution in [0, 0.1) is 0 Å². The van der Waals surface area contributed by atoms with Crippen molar-refractivity contribution in [3.05, 3.63) is 42.7 Å². The van der Waals surface area contributed by atoms with Gasteiger partial charge >= 0.3 is 0 Å². The van der Waals surface area contributed by atoms with E-state index in [9.17, 15) is 0 Å². The summed E-state index contributed by atoms with van der Waals surface area (Å²) >= 11 is 0. The Kier molecular flexibility index (Phi) is 3.79. The Balaban J connectivity index is 1.54. The zero-order valence-corrected chi connectivity index (χ0v) is 13.4. The van der Waals surface area contributed by atoms with E-state index in [0.717, 1.165) is 41.0 Å². The average Bonchev–Trinajstić information content (AvgIpc) is 3.18. The minimum absolute atomic E-state index is 0.712. The first-order valence-electron chi connectivity index (χ1n) is 8.28. The zero-order chi connectivity index (χ0) is 15.6. The lowest BCUT2D eigenvalue weighted by molar-refractivity contribution is 0.271. The maximum Gasteiger partial charge on any atom is 0.115 e. The van der Waals surface area contributed by atoms with Gasteiger partial charge in [0.1, 0.15) is 12.2 Å². The van der Waals surface area contributed by atoms with Gasteiger partial charge in [-0.2, -0.15) is 0 Å². The molecule has 2 aromatic heterocycles. The van der Waals surface area contributed by atoms with Crippen LogP contribution in [0.2, 0.25) is 0 Å². The van der Waals surface area contributed by atoms with Crippen molar-refractivity contribution in [2.24, 2.45) is 0 Å². The second kappa shape index (κ2) is 6.08. The summed E-state index contributed by atoms with van der Waals surface area (Å²) in [6.45, 7) is 4.62. The van der Waals surface area contributed by atoms with Gasteiger partial charge in [-0.1, -0.05) is 6.07 Å². The Hall–Kier alpha value is -2.27. The van der Waals surface area contributed by atoms with Crippen LogP contribution in [0.25, 0.3) is 22.2 Å². The molecule has 0 bridgehead atoms. The first kappa shape index (κ1) is 14.3. The topological polar surface area (TPSA) is 57.7 Å². The highest BCUT2D eigenvalue weighted by molar-refractivity contribution is 5.81. The van der Waals surface area contributed by atoms with Gasteiger partial charge in [-0.05, 0) is 44.0 Å². The number of hydrogen-bond acceptors (Lipinski definition) is 4. The number of aromatic amines is 1. The Morgan fingerprint density at radius 1 is 1.22 bits per heavy atom. The molecule has 1 aromatic carbocycles. The Morgan fingerprint density at radius 2 is 2.09 bits per heavy atom. The molecule has 5 nitrogen and oxygen atoms in total. The van der Waals surface area contributed by atoms with E-state index in [2.05, 4.69) is 45.0 Å². The normalized spacial score (nSPS) is 18.7. The van der Waals surface area contributed by atoms with Crippen LogP contribution < -0.4 is 0 Å². The molecule has 1 N–H and O–H groups in total. The number of likely N-dealkylation sites (tertiary alicyclic amines) is 1. The number of rotatable bonds is 4. The lowest BCUT2D eigenvalue weighted by Gasteiger charge is -2.19. The largest absolute Gasteiger partial charge is 0.342 e. The summed E-state index contributed by atoms with van der Waals surface area (Å²) < 4.78 is 0. The molecule has 1 aliphatic heterocycles. The summed E-state index contributed by atoms with van der Waals surface area (Å²) in [5, 5.41) is 0. The van der Waals surface area contributed by atoms with Crippen LogP contribution in [0.3, 0.4) is 0 Å². The number of nitrogens with one attached hydrogen (secondary N) is 1. The van der Waals surface area contributed by atoms with Crippen molar-refractivity contribution in [3.63, 3.8) is 0 Å². The SMILES string of the molecule is C[C@@H]1CCCN1CCc1nc2ccc(-c3cncnc3)cc2[nH]1. The highest BCUT2D eigenvalue weighted by Gasteiger charge is 2.19. The van der Waals surface area contributed by atoms with Crippen molar-refractivity contribution in [3.8, 4) is 11.1 Å². The molecule has 0 saturated carbocycles. The molecule has 4 rings (SSSR count). The minimum atomic E-state index is 0.712. The quantitative estimate of drug-likeness (QED) is 0.805. The summed E-state index contributed by atoms with van der Waals surface area (Å²) in [7, 11) is 0. The molecule has 1 atom stereocenters. The van der Waals surface area contributed by atoms with E-state index in [1.807, 2.05) is 12.4 Å². The molecule has 3 aromatic rings. The summed E-state index contributed by atoms with van der Waals surface area (Å²) in [6, 6.07) is 6.98. The Labute approximate surface area is 135 Å². The standard InChI is InChI=1S/C18H21N5/c1-13-3-2-7-23(13)8-6-18-21-16-5-4-14(9-17(16)22-18)15-10-19-12-20-11-15/h4-5,9-13H,2-3,6-8H2,1H3,(H,21,22)/t13-/m1/s1. The highest BCUT2D eigenvalue weighted by atomic mass is 15.2. The fourth-order valence-corrected chi connectivity index (χ4v) is 3.38. The number of hydrogen-bond donors (Lipinski definition) is 1. The van der Waals surface area contributed by atoms with Gasteiger partial charge in [-0.15, -0.1) is 0 Å². The van der Waals surface area contributed by atoms with Gasteiger partial charge in [-0.3, -0.25) is 0 Å². The number of benzene rings is 1. The molecule has 3 heterocycles. The minimum Gasteiger partial charge on any atom is -0.342 e. The third-order valence-corrected chi connectivity index (χ3v) is 4.75. The van der Waals surface area contributed by atoms with Crippen molar-refractivity contribution < 1.29 is 0 Å². The maximum atomic E-state index is 4.72. The smallest absolute Gasteiger partial charge is 0.115 e. The molecular formula is C18H21N5. The molecule has 23 heavy (non-hydrogen) atoms. The molecule has 0 spiro atoms. The number of imidazole rings is 1. The number of fused-ring (bicyclic) bond motifs is 1. The van der Waals surface area contributed by atoms with Crippen LogP contribution in [-0.4, -0.2) is 44.0 Å². The highest BCUT2D eigenvalue weighted by Crippen LogP contribution is 2.22. The van der Waals surface area contributed by atoms with Crippen molar-refractivity contribution in [2.75, 3.05) is 13.1 Å². The van der Waals surface area contributed by atoms with Crippen molar-refractivity contribution in [2.45, 2.75) is 32.2 Å². The lowest BCUT2D eigenvalue weighted by atomic mass is 10.1. The predicted octanol–water partition coefficient (Wildman–Crippen LogP) is 3.05. The van der Waals surface area contributed by atoms with Crippen LogP contribution in [0.4, 0.5) is 0 Å². The molecule has 0 unspecified atom stereocenters. The second-order valence-corrected chi connectivity index (χ2v) is 6.32. The van der Waals surface area contributed by atoms with E-state index >= 15 is 0 Å². The monoisotopic (exact) mass is 307 g/mol. The first-order chi connectivity index (χ1) is 11.3. The van der Waals surface area contributed by atoms with E-state index in [1.165, 1.54) is 19.4 Å². The van der Waals surface area contributed by atoms with Gasteiger partial charge in [0.05, 0.1) is 11.0 Å². The van der Waals surface area contributed by atoms with E-state index in [0.29, 0.717) is 6.04 Å². The molecule has 1 aliphatic rings. The van der Waals surface area contributed by atoms with Gasteiger partial charge in [-0.25, -0.2) is 15.0 Å². The third-order valence-electron chi connectivity index (χ3n) is 4.75. The summed E-state index contributed by atoms with van der Waals surface area (Å²) in [5.74, 6) is 1.07. The van der Waals surface area contributed by atoms with Crippen LogP contribution in [-0.2, 0) is 6.42 Å². The molecule has 1 saturated heterocycles. The Bertz CT molecular complexity index is 796. The van der Waals surface area contributed by atoms with Crippen molar-refractivity contribution in [1.82, 2.24) is 24.8 Å². The van der Waals surface area contributed by atoms with Crippen LogP contribution in [0.1, 0.15) is 25.6 Å². The van der Waals surface area contributed by atoms with E-state index in [1.54, 1.807) is 6.33 Å². The van der Waals surface area contributed by atoms with Gasteiger partial charge in [0, 0.05) is 37.0 Å². The van der Waals surface area contributed by atoms with E-state index < -0.39 is 0 Å². The van der Waals surface area contributed by atoms with Gasteiger partial charge in [0.15, 0.2) is 0 Å². The average molecular weight is 307 g/mol. The fraction of sp³-hybridized carbons (Fsp3) is 0.389. The number of nitrogens with zero attached hydrogens (tertiary/aromatic N) is 4. The third kappa shape index (κ3) is 2.97. The fourth-order valence-electron chi connectivity index (χ4n) is 3.38. The Morgan fingerprint density at radius 3 is 2.87 bits per heavy atom.